The van der Waals surface area contributed by atoms with Crippen molar-refractivity contribution in [1.82, 2.24) is 0 Å². The van der Waals surface area contributed by atoms with E-state index in [4.69, 9.17) is 0 Å². The minimum Gasteiger partial charge on any atom is -0.326 e. The Bertz CT molecular complexity index is 728. The fourth-order valence-electron chi connectivity index (χ4n) is 1.82. The van der Waals surface area contributed by atoms with Gasteiger partial charge in [0.25, 0.3) is 5.92 Å². The van der Waals surface area contributed by atoms with Crippen molar-refractivity contribution in [3.05, 3.63) is 0 Å². The van der Waals surface area contributed by atoms with Gasteiger partial charge in [0.1, 0.15) is 0 Å². The number of hydrogen-bond donors (Lipinski definition) is 0. The van der Waals surface area contributed by atoms with Crippen LogP contribution in [0.25, 0.3) is 0 Å². The fraction of sp³-hybridized carbons (Fsp3) is 1.00. The quantitative estimate of drug-likeness (QED) is 0.432. The Kier molecular flexibility index (Phi) is 5.35. The van der Waals surface area contributed by atoms with E-state index in [1.165, 1.54) is 0 Å². The van der Waals surface area contributed by atoms with Crippen molar-refractivity contribution in [1.29, 1.82) is 0 Å². The summed E-state index contributed by atoms with van der Waals surface area (Å²) in [4.78, 5) is 0. The first-order chi connectivity index (χ1) is 11.8. The summed E-state index contributed by atoms with van der Waals surface area (Å²) in [7, 11) is -7.98. The normalized spacial score (nSPS) is 27.9. The lowest BCUT2D eigenvalue weighted by molar-refractivity contribution is -0.381. The average molecular weight is 470 g/mol. The van der Waals surface area contributed by atoms with Gasteiger partial charge in [0.05, 0.1) is 0 Å². The third-order valence-corrected chi connectivity index (χ3v) is 4.46. The summed E-state index contributed by atoms with van der Waals surface area (Å²) >= 11 is 0. The molecular weight excluding hydrogens is 463 g/mol. The first-order valence-electron chi connectivity index (χ1n) is 6.38. The first-order valence-corrected chi connectivity index (χ1v) is 7.77. The largest absolute Gasteiger partial charge is 0.442 e. The highest BCUT2D eigenvalue weighted by Crippen LogP contribution is 2.60. The molecule has 1 saturated heterocycles. The molecule has 1 heterocycles. The van der Waals surface area contributed by atoms with E-state index in [0.29, 0.717) is 0 Å². The Labute approximate surface area is 146 Å². The number of rotatable bonds is 6. The minimum atomic E-state index is -7.98. The summed E-state index contributed by atoms with van der Waals surface area (Å²) in [6.07, 6.45) is -10.9. The molecule has 0 aliphatic carbocycles. The molecule has 1 fully saturated rings. The molecule has 2 unspecified atom stereocenters. The summed E-state index contributed by atoms with van der Waals surface area (Å²) in [6.45, 7) is -0.478. The number of ether oxygens (including phenoxy) is 2. The van der Waals surface area contributed by atoms with Gasteiger partial charge in [0.15, 0.2) is 0 Å². The highest BCUT2D eigenvalue weighted by atomic mass is 32.3. The first kappa shape index (κ1) is 25.0. The molecule has 0 N–H and O–H groups in total. The number of halogens is 13. The zero-order chi connectivity index (χ0) is 23.0. The lowest BCUT2D eigenvalue weighted by Gasteiger charge is -2.37. The van der Waals surface area contributed by atoms with Gasteiger partial charge in [0, 0.05) is 6.92 Å². The van der Waals surface area contributed by atoms with Gasteiger partial charge >= 0.3 is 39.4 Å². The molecule has 1 aliphatic heterocycles. The van der Waals surface area contributed by atoms with Gasteiger partial charge in [0.2, 0.25) is 11.9 Å². The zero-order valence-corrected chi connectivity index (χ0v) is 13.8. The Hall–Kier alpha value is -1.04. The zero-order valence-electron chi connectivity index (χ0n) is 13.0. The van der Waals surface area contributed by atoms with E-state index in [0.717, 1.165) is 0 Å². The van der Waals surface area contributed by atoms with Crippen LogP contribution in [-0.2, 0) is 19.7 Å². The predicted octanol–water partition coefficient (Wildman–Crippen LogP) is 4.16. The molecule has 2 atom stereocenters. The SMILES string of the molecule is CC(F)(F)C1(C)OC(C(F)(F)C(F)(F)C(F)(F)C(F)(F)S(=O)(=O)F)C(F)(F)O1. The van der Waals surface area contributed by atoms with Gasteiger partial charge in [-0.05, 0) is 6.92 Å². The van der Waals surface area contributed by atoms with E-state index in [1.807, 2.05) is 0 Å². The van der Waals surface area contributed by atoms with Gasteiger partial charge in [-0.25, -0.2) is 8.78 Å². The van der Waals surface area contributed by atoms with E-state index in [1.54, 1.807) is 0 Å². The molecule has 0 aromatic heterocycles. The van der Waals surface area contributed by atoms with Crippen molar-refractivity contribution in [2.24, 2.45) is 0 Å². The maximum Gasteiger partial charge on any atom is 0.442 e. The van der Waals surface area contributed by atoms with Crippen LogP contribution in [0.3, 0.4) is 0 Å². The second kappa shape index (κ2) is 5.99. The van der Waals surface area contributed by atoms with Crippen molar-refractivity contribution < 1.29 is 74.5 Å². The Morgan fingerprint density at radius 2 is 1.25 bits per heavy atom. The van der Waals surface area contributed by atoms with E-state index in [-0.39, 0.29) is 13.8 Å². The average Bonchev–Trinajstić information content (AvgIpc) is 2.67. The van der Waals surface area contributed by atoms with Crippen LogP contribution in [-0.4, -0.2) is 55.4 Å². The summed E-state index contributed by atoms with van der Waals surface area (Å²) in [5.74, 6) is -31.6. The summed E-state index contributed by atoms with van der Waals surface area (Å²) < 4.78 is 198. The molecule has 0 aromatic carbocycles. The Balaban J connectivity index is 3.57. The van der Waals surface area contributed by atoms with Gasteiger partial charge < -0.3 is 4.74 Å². The van der Waals surface area contributed by atoms with Crippen molar-refractivity contribution >= 4 is 10.2 Å². The lowest BCUT2D eigenvalue weighted by atomic mass is 9.98. The van der Waals surface area contributed by atoms with Gasteiger partial charge in [-0.3, -0.25) is 4.74 Å². The number of hydrogen-bond acceptors (Lipinski definition) is 4. The van der Waals surface area contributed by atoms with Crippen molar-refractivity contribution in [2.75, 3.05) is 0 Å². The van der Waals surface area contributed by atoms with Crippen LogP contribution in [0.15, 0.2) is 0 Å². The van der Waals surface area contributed by atoms with E-state index >= 15 is 0 Å². The predicted molar refractivity (Wildman–Crippen MR) is 59.7 cm³/mol. The molecule has 0 radical (unpaired) electrons. The lowest BCUT2D eigenvalue weighted by Crippen LogP contribution is -2.68. The topological polar surface area (TPSA) is 52.6 Å². The Morgan fingerprint density at radius 1 is 0.857 bits per heavy atom. The van der Waals surface area contributed by atoms with Crippen LogP contribution in [0.1, 0.15) is 13.8 Å². The van der Waals surface area contributed by atoms with Crippen molar-refractivity contribution in [3.8, 4) is 0 Å². The second-order valence-corrected chi connectivity index (χ2v) is 7.11. The molecule has 0 amide bonds. The fourth-order valence-corrected chi connectivity index (χ4v) is 2.25. The highest BCUT2D eigenvalue weighted by molar-refractivity contribution is 7.87. The van der Waals surface area contributed by atoms with E-state index < -0.39 is 57.2 Å². The molecule has 168 valence electrons. The molecule has 28 heavy (non-hydrogen) atoms. The van der Waals surface area contributed by atoms with E-state index in [9.17, 15) is 65.0 Å². The molecule has 4 nitrogen and oxygen atoms in total. The second-order valence-electron chi connectivity index (χ2n) is 5.72. The maximum atomic E-state index is 13.7. The van der Waals surface area contributed by atoms with Crippen LogP contribution in [0, 0.1) is 0 Å². The minimum absolute atomic E-state index is 0.187. The smallest absolute Gasteiger partial charge is 0.326 e. The Morgan fingerprint density at radius 3 is 1.54 bits per heavy atom. The van der Waals surface area contributed by atoms with Crippen molar-refractivity contribution in [2.45, 2.75) is 60.8 Å². The molecule has 0 spiro atoms. The monoisotopic (exact) mass is 470 g/mol. The molecule has 1 aliphatic rings. The highest BCUT2D eigenvalue weighted by Gasteiger charge is 2.89. The molecule has 1 rings (SSSR count). The van der Waals surface area contributed by atoms with Gasteiger partial charge in [-0.15, -0.1) is 0 Å². The summed E-state index contributed by atoms with van der Waals surface area (Å²) in [5, 5.41) is -7.53. The van der Waals surface area contributed by atoms with Crippen LogP contribution in [0.5, 0.6) is 0 Å². The molecule has 0 saturated carbocycles. The van der Waals surface area contributed by atoms with Crippen LogP contribution in [0.4, 0.5) is 56.6 Å². The standard InChI is InChI=1S/C10H7F13O4S/c1-4(11,12)5(2)26-3(7(15,16)27-5)6(13,14)8(17,18)9(19,20)10(21,22)28(23,24)25/h3H,1-2H3. The van der Waals surface area contributed by atoms with Gasteiger partial charge in [-0.2, -0.15) is 52.3 Å². The summed E-state index contributed by atoms with van der Waals surface area (Å²) in [6, 6.07) is 0. The van der Waals surface area contributed by atoms with E-state index in [2.05, 4.69) is 9.47 Å². The van der Waals surface area contributed by atoms with Crippen molar-refractivity contribution in [3.63, 3.8) is 0 Å². The molecule has 18 heteroatoms. The number of alkyl halides is 12. The molecule has 0 aromatic rings. The molecular formula is C10H7F13O4S. The van der Waals surface area contributed by atoms with Crippen LogP contribution < -0.4 is 0 Å². The van der Waals surface area contributed by atoms with Gasteiger partial charge in [-0.1, -0.05) is 3.89 Å². The van der Waals surface area contributed by atoms with Crippen LogP contribution in [0.2, 0.25) is 0 Å². The third-order valence-electron chi connectivity index (χ3n) is 3.59. The third kappa shape index (κ3) is 3.20. The summed E-state index contributed by atoms with van der Waals surface area (Å²) in [5.41, 5.74) is 0. The van der Waals surface area contributed by atoms with Crippen LogP contribution >= 0.6 is 0 Å². The maximum absolute atomic E-state index is 13.7. The molecule has 0 bridgehead atoms.